The number of amides is 1. The zero-order valence-electron chi connectivity index (χ0n) is 12.7. The van der Waals surface area contributed by atoms with Gasteiger partial charge in [-0.3, -0.25) is 4.79 Å². The van der Waals surface area contributed by atoms with Crippen molar-refractivity contribution in [3.63, 3.8) is 0 Å². The van der Waals surface area contributed by atoms with Gasteiger partial charge in [0.2, 0.25) is 5.91 Å². The molecule has 20 heavy (non-hydrogen) atoms. The number of hydrogen-bond acceptors (Lipinski definition) is 3. The highest BCUT2D eigenvalue weighted by Gasteiger charge is 2.12. The molecule has 3 N–H and O–H groups in total. The summed E-state index contributed by atoms with van der Waals surface area (Å²) in [6.45, 7) is 10.2. The third-order valence-corrected chi connectivity index (χ3v) is 3.68. The number of hydrogen-bond donors (Lipinski definition) is 2. The van der Waals surface area contributed by atoms with Crippen molar-refractivity contribution in [3.8, 4) is 0 Å². The molecule has 1 aromatic rings. The molecule has 0 atom stereocenters. The predicted molar refractivity (Wildman–Crippen MR) is 87.8 cm³/mol. The van der Waals surface area contributed by atoms with Crippen LogP contribution in [0.5, 0.6) is 0 Å². The van der Waals surface area contributed by atoms with Crippen LogP contribution in [-0.2, 0) is 11.3 Å². The first-order valence-corrected chi connectivity index (χ1v) is 7.59. The SMILES string of the molecule is CCN(CC(N)=O)c1ccc(CNC(C)(C)C)c(Br)c1. The maximum absolute atomic E-state index is 11.1. The highest BCUT2D eigenvalue weighted by atomic mass is 79.9. The van der Waals surface area contributed by atoms with E-state index >= 15 is 0 Å². The first kappa shape index (κ1) is 17.0. The molecule has 0 saturated heterocycles. The second-order valence-corrected chi connectivity index (χ2v) is 6.71. The maximum atomic E-state index is 11.1. The second-order valence-electron chi connectivity index (χ2n) is 5.86. The van der Waals surface area contributed by atoms with Crippen molar-refractivity contribution < 1.29 is 4.79 Å². The van der Waals surface area contributed by atoms with E-state index in [-0.39, 0.29) is 18.0 Å². The number of carbonyl (C=O) groups is 1. The van der Waals surface area contributed by atoms with Crippen molar-refractivity contribution in [1.82, 2.24) is 5.32 Å². The first-order chi connectivity index (χ1) is 9.23. The number of nitrogens with one attached hydrogen (secondary N) is 1. The number of anilines is 1. The monoisotopic (exact) mass is 341 g/mol. The van der Waals surface area contributed by atoms with Crippen LogP contribution in [0.4, 0.5) is 5.69 Å². The lowest BCUT2D eigenvalue weighted by atomic mass is 10.1. The molecular weight excluding hydrogens is 318 g/mol. The van der Waals surface area contributed by atoms with E-state index in [2.05, 4.69) is 48.1 Å². The van der Waals surface area contributed by atoms with Crippen molar-refractivity contribution in [2.24, 2.45) is 5.73 Å². The normalized spacial score (nSPS) is 11.4. The minimum absolute atomic E-state index is 0.0829. The van der Waals surface area contributed by atoms with E-state index in [9.17, 15) is 4.79 Å². The van der Waals surface area contributed by atoms with E-state index in [0.29, 0.717) is 0 Å². The summed E-state index contributed by atoms with van der Waals surface area (Å²) in [7, 11) is 0. The molecule has 5 heteroatoms. The Hall–Kier alpha value is -1.07. The Bertz CT molecular complexity index is 469. The van der Waals surface area contributed by atoms with Gasteiger partial charge in [0.25, 0.3) is 0 Å². The third-order valence-electron chi connectivity index (χ3n) is 2.94. The van der Waals surface area contributed by atoms with Crippen molar-refractivity contribution in [2.45, 2.75) is 39.8 Å². The first-order valence-electron chi connectivity index (χ1n) is 6.79. The molecule has 0 saturated carbocycles. The fraction of sp³-hybridized carbons (Fsp3) is 0.533. The molecule has 0 aliphatic carbocycles. The summed E-state index contributed by atoms with van der Waals surface area (Å²) in [4.78, 5) is 13.0. The summed E-state index contributed by atoms with van der Waals surface area (Å²) in [6, 6.07) is 6.13. The van der Waals surface area contributed by atoms with Gasteiger partial charge in [-0.1, -0.05) is 22.0 Å². The molecule has 0 unspecified atom stereocenters. The van der Waals surface area contributed by atoms with E-state index in [1.54, 1.807) is 0 Å². The topological polar surface area (TPSA) is 58.4 Å². The molecule has 0 aromatic heterocycles. The summed E-state index contributed by atoms with van der Waals surface area (Å²) in [5.41, 5.74) is 7.54. The van der Waals surface area contributed by atoms with E-state index < -0.39 is 0 Å². The van der Waals surface area contributed by atoms with Crippen molar-refractivity contribution >= 4 is 27.5 Å². The summed E-state index contributed by atoms with van der Waals surface area (Å²) in [5.74, 6) is -0.318. The van der Waals surface area contributed by atoms with Gasteiger partial charge in [-0.15, -0.1) is 0 Å². The number of halogens is 1. The summed E-state index contributed by atoms with van der Waals surface area (Å²) in [5, 5.41) is 3.46. The smallest absolute Gasteiger partial charge is 0.236 e. The fourth-order valence-electron chi connectivity index (χ4n) is 1.81. The quantitative estimate of drug-likeness (QED) is 0.836. The van der Waals surface area contributed by atoms with Gasteiger partial charge < -0.3 is 16.0 Å². The molecule has 1 rings (SSSR count). The van der Waals surface area contributed by atoms with Gasteiger partial charge in [0.15, 0.2) is 0 Å². The van der Waals surface area contributed by atoms with Crippen LogP contribution in [0.25, 0.3) is 0 Å². The average Bonchev–Trinajstić information content (AvgIpc) is 2.33. The van der Waals surface area contributed by atoms with Gasteiger partial charge in [0, 0.05) is 28.8 Å². The molecule has 0 heterocycles. The van der Waals surface area contributed by atoms with Gasteiger partial charge >= 0.3 is 0 Å². The number of nitrogens with zero attached hydrogens (tertiary/aromatic N) is 1. The minimum Gasteiger partial charge on any atom is -0.368 e. The molecular formula is C15H24BrN3O. The number of nitrogens with two attached hydrogens (primary N) is 1. The molecule has 0 aliphatic heterocycles. The molecule has 1 aromatic carbocycles. The Balaban J connectivity index is 2.83. The Morgan fingerprint density at radius 3 is 2.50 bits per heavy atom. The van der Waals surface area contributed by atoms with E-state index in [1.807, 2.05) is 24.0 Å². The van der Waals surface area contributed by atoms with E-state index in [0.717, 1.165) is 23.2 Å². The molecule has 0 aliphatic rings. The van der Waals surface area contributed by atoms with Gasteiger partial charge in [0.1, 0.15) is 0 Å². The second kappa shape index (κ2) is 7.09. The number of carbonyl (C=O) groups excluding carboxylic acids is 1. The largest absolute Gasteiger partial charge is 0.368 e. The Morgan fingerprint density at radius 2 is 2.05 bits per heavy atom. The molecule has 0 bridgehead atoms. The molecule has 0 fully saturated rings. The Labute approximate surface area is 129 Å². The molecule has 0 radical (unpaired) electrons. The number of likely N-dealkylation sites (N-methyl/N-ethyl adjacent to an activating group) is 1. The minimum atomic E-state index is -0.318. The lowest BCUT2D eigenvalue weighted by Gasteiger charge is -2.24. The van der Waals surface area contributed by atoms with Crippen LogP contribution in [0, 0.1) is 0 Å². The van der Waals surface area contributed by atoms with Gasteiger partial charge in [-0.25, -0.2) is 0 Å². The highest BCUT2D eigenvalue weighted by Crippen LogP contribution is 2.24. The van der Waals surface area contributed by atoms with Crippen molar-refractivity contribution in [2.75, 3.05) is 18.0 Å². The fourth-order valence-corrected chi connectivity index (χ4v) is 2.32. The van der Waals surface area contributed by atoms with Crippen molar-refractivity contribution in [1.29, 1.82) is 0 Å². The maximum Gasteiger partial charge on any atom is 0.236 e. The van der Waals surface area contributed by atoms with E-state index in [1.165, 1.54) is 5.56 Å². The van der Waals surface area contributed by atoms with Crippen LogP contribution in [0.2, 0.25) is 0 Å². The predicted octanol–water partition coefficient (Wildman–Crippen LogP) is 2.65. The van der Waals surface area contributed by atoms with E-state index in [4.69, 9.17) is 5.73 Å². The van der Waals surface area contributed by atoms with Crippen LogP contribution in [-0.4, -0.2) is 24.5 Å². The zero-order chi connectivity index (χ0) is 15.3. The lowest BCUT2D eigenvalue weighted by Crippen LogP contribution is -2.35. The zero-order valence-corrected chi connectivity index (χ0v) is 14.3. The highest BCUT2D eigenvalue weighted by molar-refractivity contribution is 9.10. The number of rotatable bonds is 6. The van der Waals surface area contributed by atoms with Crippen LogP contribution in [0.15, 0.2) is 22.7 Å². The number of benzene rings is 1. The summed E-state index contributed by atoms with van der Waals surface area (Å²) >= 11 is 3.60. The molecule has 0 spiro atoms. The van der Waals surface area contributed by atoms with Gasteiger partial charge in [0.05, 0.1) is 6.54 Å². The van der Waals surface area contributed by atoms with Crippen molar-refractivity contribution in [3.05, 3.63) is 28.2 Å². The summed E-state index contributed by atoms with van der Waals surface area (Å²) < 4.78 is 1.04. The summed E-state index contributed by atoms with van der Waals surface area (Å²) in [6.07, 6.45) is 0. The van der Waals surface area contributed by atoms with Gasteiger partial charge in [-0.2, -0.15) is 0 Å². The van der Waals surface area contributed by atoms with Gasteiger partial charge in [-0.05, 0) is 45.4 Å². The van der Waals surface area contributed by atoms with Crippen LogP contribution >= 0.6 is 15.9 Å². The van der Waals surface area contributed by atoms with Crippen LogP contribution in [0.1, 0.15) is 33.3 Å². The Morgan fingerprint density at radius 1 is 1.40 bits per heavy atom. The van der Waals surface area contributed by atoms with Crippen LogP contribution in [0.3, 0.4) is 0 Å². The number of primary amides is 1. The van der Waals surface area contributed by atoms with Crippen LogP contribution < -0.4 is 16.0 Å². The lowest BCUT2D eigenvalue weighted by molar-refractivity contribution is -0.116. The Kier molecular flexibility index (Phi) is 6.02. The average molecular weight is 342 g/mol. The molecule has 1 amide bonds. The molecule has 112 valence electrons. The standard InChI is InChI=1S/C15H24BrN3O/c1-5-19(10-14(17)20)12-7-6-11(13(16)8-12)9-18-15(2,3)4/h6-8,18H,5,9-10H2,1-4H3,(H2,17,20). The molecule has 4 nitrogen and oxygen atoms in total. The third kappa shape index (κ3) is 5.51.